The summed E-state index contributed by atoms with van der Waals surface area (Å²) in [6.45, 7) is 5.07. The molecular weight excluding hydrogens is 430 g/mol. The molecule has 6 heteroatoms. The van der Waals surface area contributed by atoms with E-state index < -0.39 is 0 Å². The number of hydrogen-bond donors (Lipinski definition) is 1. The number of nitrogens with zero attached hydrogens (tertiary/aromatic N) is 2. The molecule has 5 rings (SSSR count). The van der Waals surface area contributed by atoms with Gasteiger partial charge in [-0.1, -0.05) is 36.4 Å². The lowest BCUT2D eigenvalue weighted by Crippen LogP contribution is -2.47. The van der Waals surface area contributed by atoms with Crippen molar-refractivity contribution in [1.29, 1.82) is 0 Å². The number of piperidine rings is 1. The zero-order valence-electron chi connectivity index (χ0n) is 19.2. The molecule has 172 valence electrons. The second-order valence-electron chi connectivity index (χ2n) is 9.92. The molecule has 2 aliphatic heterocycles. The zero-order chi connectivity index (χ0) is 23.0. The molecule has 2 saturated heterocycles. The summed E-state index contributed by atoms with van der Waals surface area (Å²) in [5.74, 6) is 0.0809. The molecule has 0 bridgehead atoms. The smallest absolute Gasteiger partial charge is 0.253 e. The Kier molecular flexibility index (Phi) is 5.95. The van der Waals surface area contributed by atoms with Crippen molar-refractivity contribution in [3.05, 3.63) is 70.8 Å². The Morgan fingerprint density at radius 2 is 1.42 bits per heavy atom. The third kappa shape index (κ3) is 4.54. The molecule has 33 heavy (non-hydrogen) atoms. The third-order valence-electron chi connectivity index (χ3n) is 7.75. The molecule has 1 aliphatic carbocycles. The molecule has 1 N–H and O–H groups in total. The normalized spacial score (nSPS) is 19.5. The van der Waals surface area contributed by atoms with Crippen LogP contribution in [0.25, 0.3) is 0 Å². The molecule has 0 unspecified atom stereocenters. The first kappa shape index (κ1) is 22.1. The van der Waals surface area contributed by atoms with E-state index in [4.69, 9.17) is 12.2 Å². The highest BCUT2D eigenvalue weighted by atomic mass is 32.1. The fraction of sp³-hybridized carbons (Fsp3) is 0.444. The number of nitrogens with one attached hydrogen (secondary N) is 1. The van der Waals surface area contributed by atoms with E-state index in [0.29, 0.717) is 17.2 Å². The van der Waals surface area contributed by atoms with E-state index in [0.717, 1.165) is 63.4 Å². The van der Waals surface area contributed by atoms with Crippen molar-refractivity contribution in [2.24, 2.45) is 5.41 Å². The lowest BCUT2D eigenvalue weighted by atomic mass is 9.77. The van der Waals surface area contributed by atoms with Crippen molar-refractivity contribution in [3.63, 3.8) is 0 Å². The van der Waals surface area contributed by atoms with E-state index in [1.165, 1.54) is 11.1 Å². The molecule has 2 fully saturated rings. The molecule has 2 heterocycles. The number of ketones is 1. The molecule has 1 spiro atoms. The van der Waals surface area contributed by atoms with Crippen LogP contribution in [0.1, 0.15) is 58.0 Å². The monoisotopic (exact) mass is 461 g/mol. The van der Waals surface area contributed by atoms with Crippen LogP contribution in [-0.4, -0.2) is 58.8 Å². The Labute approximate surface area is 201 Å². The maximum Gasteiger partial charge on any atom is 0.253 e. The fourth-order valence-corrected chi connectivity index (χ4v) is 5.98. The summed E-state index contributed by atoms with van der Waals surface area (Å²) in [6, 6.07) is 16.1. The van der Waals surface area contributed by atoms with Crippen LogP contribution in [0.5, 0.6) is 0 Å². The largest absolute Gasteiger partial charge is 0.359 e. The number of thiocarbonyl (C=S) groups is 1. The predicted octanol–water partition coefficient (Wildman–Crippen LogP) is 3.86. The van der Waals surface area contributed by atoms with Crippen LogP contribution in [0.2, 0.25) is 0 Å². The van der Waals surface area contributed by atoms with E-state index >= 15 is 0 Å². The summed E-state index contributed by atoms with van der Waals surface area (Å²) < 4.78 is 0. The summed E-state index contributed by atoms with van der Waals surface area (Å²) in [5.41, 5.74) is 4.42. The van der Waals surface area contributed by atoms with Crippen LogP contribution >= 0.6 is 12.2 Å². The van der Waals surface area contributed by atoms with Gasteiger partial charge in [0.1, 0.15) is 0 Å². The van der Waals surface area contributed by atoms with Gasteiger partial charge in [0.05, 0.1) is 0 Å². The molecule has 5 nitrogen and oxygen atoms in total. The summed E-state index contributed by atoms with van der Waals surface area (Å²) in [4.78, 5) is 28.7. The fourth-order valence-electron chi connectivity index (χ4n) is 5.66. The molecule has 0 saturated carbocycles. The highest BCUT2D eigenvalue weighted by Gasteiger charge is 2.42. The van der Waals surface area contributed by atoms with E-state index in [2.05, 4.69) is 34.5 Å². The van der Waals surface area contributed by atoms with Crippen molar-refractivity contribution in [2.75, 3.05) is 26.2 Å². The topological polar surface area (TPSA) is 52.7 Å². The lowest BCUT2D eigenvalue weighted by Gasteiger charge is -2.39. The van der Waals surface area contributed by atoms with E-state index in [9.17, 15) is 9.59 Å². The first-order valence-corrected chi connectivity index (χ1v) is 12.4. The molecule has 2 aromatic carbocycles. The SMILES string of the molecule is CC(=O)c1ccc(C(=O)N2CCC3(CC2)CCN(C(=S)NC2Cc4ccccc4C2)C3)cc1. The van der Waals surface area contributed by atoms with Crippen LogP contribution in [-0.2, 0) is 12.8 Å². The molecule has 1 amide bonds. The minimum absolute atomic E-state index is 0.0181. The standard InChI is InChI=1S/C27H31N3O2S/c1-19(31)20-6-8-21(9-7-20)25(32)29-13-10-27(11-14-29)12-15-30(18-27)26(33)28-24-16-22-4-2-3-5-23(22)17-24/h2-9,24H,10-18H2,1H3,(H,28,33). The van der Waals surface area contributed by atoms with Gasteiger partial charge in [-0.05, 0) is 79.9 Å². The van der Waals surface area contributed by atoms with Gasteiger partial charge in [-0.25, -0.2) is 0 Å². The minimum atomic E-state index is 0.0181. The molecule has 0 aromatic heterocycles. The first-order valence-electron chi connectivity index (χ1n) is 11.9. The summed E-state index contributed by atoms with van der Waals surface area (Å²) >= 11 is 5.80. The van der Waals surface area contributed by atoms with Crippen molar-refractivity contribution in [3.8, 4) is 0 Å². The lowest BCUT2D eigenvalue weighted by molar-refractivity contribution is 0.0598. The number of likely N-dealkylation sites (tertiary alicyclic amines) is 2. The van der Waals surface area contributed by atoms with Crippen molar-refractivity contribution < 1.29 is 9.59 Å². The maximum absolute atomic E-state index is 12.9. The second kappa shape index (κ2) is 8.90. The van der Waals surface area contributed by atoms with Gasteiger partial charge in [-0.3, -0.25) is 9.59 Å². The Balaban J connectivity index is 1.13. The Morgan fingerprint density at radius 1 is 0.879 bits per heavy atom. The van der Waals surface area contributed by atoms with Crippen molar-refractivity contribution in [2.45, 2.75) is 45.1 Å². The van der Waals surface area contributed by atoms with Crippen LogP contribution in [0.3, 0.4) is 0 Å². The van der Waals surface area contributed by atoms with Gasteiger partial charge in [0.2, 0.25) is 0 Å². The number of amides is 1. The van der Waals surface area contributed by atoms with Crippen LogP contribution in [0, 0.1) is 5.41 Å². The van der Waals surface area contributed by atoms with Gasteiger partial charge in [-0.2, -0.15) is 0 Å². The Hall–Kier alpha value is -2.73. The van der Waals surface area contributed by atoms with E-state index in [-0.39, 0.29) is 17.1 Å². The van der Waals surface area contributed by atoms with Gasteiger partial charge in [0.15, 0.2) is 10.9 Å². The highest BCUT2D eigenvalue weighted by molar-refractivity contribution is 7.80. The molecule has 0 radical (unpaired) electrons. The maximum atomic E-state index is 12.9. The summed E-state index contributed by atoms with van der Waals surface area (Å²) in [6.07, 6.45) is 5.24. The first-order chi connectivity index (χ1) is 15.9. The number of carbonyl (C=O) groups excluding carboxylic acids is 2. The number of fused-ring (bicyclic) bond motifs is 1. The Bertz CT molecular complexity index is 1050. The molecular formula is C27H31N3O2S. The van der Waals surface area contributed by atoms with Crippen molar-refractivity contribution in [1.82, 2.24) is 15.1 Å². The highest BCUT2D eigenvalue weighted by Crippen LogP contribution is 2.40. The van der Waals surface area contributed by atoms with Crippen LogP contribution in [0.15, 0.2) is 48.5 Å². The quantitative estimate of drug-likeness (QED) is 0.556. The zero-order valence-corrected chi connectivity index (χ0v) is 20.0. The Morgan fingerprint density at radius 3 is 2.00 bits per heavy atom. The van der Waals surface area contributed by atoms with E-state index in [1.54, 1.807) is 31.2 Å². The second-order valence-corrected chi connectivity index (χ2v) is 10.3. The van der Waals surface area contributed by atoms with Crippen LogP contribution < -0.4 is 5.32 Å². The predicted molar refractivity (Wildman–Crippen MR) is 134 cm³/mol. The van der Waals surface area contributed by atoms with Gasteiger partial charge in [0.25, 0.3) is 5.91 Å². The van der Waals surface area contributed by atoms with Gasteiger partial charge in [0, 0.05) is 43.3 Å². The molecule has 3 aliphatic rings. The van der Waals surface area contributed by atoms with E-state index in [1.807, 2.05) is 4.90 Å². The summed E-state index contributed by atoms with van der Waals surface area (Å²) in [7, 11) is 0. The average molecular weight is 462 g/mol. The number of Topliss-reactive ketones (excluding diaryl/α,β-unsaturated/α-hetero) is 1. The third-order valence-corrected chi connectivity index (χ3v) is 8.13. The summed E-state index contributed by atoms with van der Waals surface area (Å²) in [5, 5.41) is 4.50. The average Bonchev–Trinajstić information content (AvgIpc) is 3.43. The number of rotatable bonds is 3. The molecule has 0 atom stereocenters. The molecule has 2 aromatic rings. The number of carbonyl (C=O) groups is 2. The minimum Gasteiger partial charge on any atom is -0.359 e. The van der Waals surface area contributed by atoms with Gasteiger partial charge >= 0.3 is 0 Å². The van der Waals surface area contributed by atoms with Crippen molar-refractivity contribution >= 4 is 29.0 Å². The number of hydrogen-bond acceptors (Lipinski definition) is 3. The van der Waals surface area contributed by atoms with Gasteiger partial charge in [-0.15, -0.1) is 0 Å². The van der Waals surface area contributed by atoms with Crippen LogP contribution in [0.4, 0.5) is 0 Å². The number of benzene rings is 2. The van der Waals surface area contributed by atoms with Gasteiger partial charge < -0.3 is 15.1 Å².